The van der Waals surface area contributed by atoms with Crippen molar-refractivity contribution in [3.05, 3.63) is 53.2 Å². The number of hydrogen-bond donors (Lipinski definition) is 2. The molecule has 0 bridgehead atoms. The molecule has 0 saturated heterocycles. The van der Waals surface area contributed by atoms with E-state index in [0.717, 1.165) is 22.6 Å². The van der Waals surface area contributed by atoms with Crippen LogP contribution in [0.4, 0.5) is 30.5 Å². The number of fused-ring (bicyclic) bond motifs is 1. The molecule has 0 aliphatic carbocycles. The van der Waals surface area contributed by atoms with Crippen molar-refractivity contribution >= 4 is 50.0 Å². The molecule has 0 amide bonds. The molecule has 12 heteroatoms. The molecule has 0 atom stereocenters. The minimum Gasteiger partial charge on any atom is -0.325 e. The summed E-state index contributed by atoms with van der Waals surface area (Å²) < 4.78 is 66.2. The number of alkyl halides is 3. The van der Waals surface area contributed by atoms with Gasteiger partial charge in [0.15, 0.2) is 0 Å². The molecule has 2 heterocycles. The fraction of sp³-hybridized carbons (Fsp3) is 0.176. The van der Waals surface area contributed by atoms with E-state index in [-0.39, 0.29) is 27.9 Å². The molecule has 3 rings (SSSR count). The average molecular weight is 446 g/mol. The molecule has 0 fully saturated rings. The summed E-state index contributed by atoms with van der Waals surface area (Å²) in [5.41, 5.74) is -0.328. The number of rotatable bonds is 5. The van der Waals surface area contributed by atoms with E-state index in [2.05, 4.69) is 20.0 Å². The fourth-order valence-electron chi connectivity index (χ4n) is 2.38. The molecule has 2 aromatic heterocycles. The van der Waals surface area contributed by atoms with Crippen LogP contribution in [0.25, 0.3) is 10.9 Å². The van der Waals surface area contributed by atoms with Gasteiger partial charge in [-0.05, 0) is 36.4 Å². The van der Waals surface area contributed by atoms with Crippen molar-refractivity contribution in [2.75, 3.05) is 24.1 Å². The molecule has 1 aromatic carbocycles. The first-order valence-electron chi connectivity index (χ1n) is 8.07. The molecule has 154 valence electrons. The molecule has 7 nitrogen and oxygen atoms in total. The largest absolute Gasteiger partial charge is 0.416 e. The lowest BCUT2D eigenvalue weighted by Crippen LogP contribution is -2.29. The summed E-state index contributed by atoms with van der Waals surface area (Å²) in [5.74, 6) is 0.145. The van der Waals surface area contributed by atoms with Crippen molar-refractivity contribution < 1.29 is 21.6 Å². The molecular weight excluding hydrogens is 431 g/mol. The monoisotopic (exact) mass is 445 g/mol. The summed E-state index contributed by atoms with van der Waals surface area (Å²) in [5, 5.41) is 3.36. The predicted molar refractivity (Wildman–Crippen MR) is 106 cm³/mol. The number of nitrogens with one attached hydrogen (secondary N) is 2. The van der Waals surface area contributed by atoms with Gasteiger partial charge in [-0.15, -0.1) is 0 Å². The summed E-state index contributed by atoms with van der Waals surface area (Å²) in [6.45, 7) is 0. The van der Waals surface area contributed by atoms with E-state index in [1.165, 1.54) is 32.3 Å². The Labute approximate surface area is 169 Å². The van der Waals surface area contributed by atoms with Gasteiger partial charge in [0.2, 0.25) is 0 Å². The summed E-state index contributed by atoms with van der Waals surface area (Å²) in [4.78, 5) is 8.14. The number of benzene rings is 1. The standard InChI is InChI=1S/C17H15ClF3N5O2S/c1-26(2)29(27,28)25-13-5-4-12(18)16-11(13)3-6-14(24-16)23-15-9-10(7-8-22-15)17(19,20)21/h3-9,25H,1-2H3,(H,22,23,24). The Balaban J connectivity index is 1.98. The van der Waals surface area contributed by atoms with E-state index in [4.69, 9.17) is 11.6 Å². The third-order valence-electron chi connectivity index (χ3n) is 3.87. The van der Waals surface area contributed by atoms with Crippen LogP contribution in [0.3, 0.4) is 0 Å². The Kier molecular flexibility index (Phi) is 5.57. The zero-order valence-electron chi connectivity index (χ0n) is 15.1. The van der Waals surface area contributed by atoms with Crippen LogP contribution in [-0.4, -0.2) is 36.8 Å². The van der Waals surface area contributed by atoms with E-state index in [9.17, 15) is 21.6 Å². The van der Waals surface area contributed by atoms with Crippen LogP contribution >= 0.6 is 11.6 Å². The third kappa shape index (κ3) is 4.69. The predicted octanol–water partition coefficient (Wildman–Crippen LogP) is 4.26. The van der Waals surface area contributed by atoms with Gasteiger partial charge >= 0.3 is 16.4 Å². The van der Waals surface area contributed by atoms with Crippen LogP contribution in [-0.2, 0) is 16.4 Å². The van der Waals surface area contributed by atoms with Crippen LogP contribution in [0.1, 0.15) is 5.56 Å². The number of hydrogen-bond acceptors (Lipinski definition) is 5. The molecule has 2 N–H and O–H groups in total. The van der Waals surface area contributed by atoms with Gasteiger partial charge in [0, 0.05) is 25.7 Å². The van der Waals surface area contributed by atoms with Gasteiger partial charge in [0.25, 0.3) is 0 Å². The molecule has 3 aromatic rings. The Morgan fingerprint density at radius 2 is 1.79 bits per heavy atom. The van der Waals surface area contributed by atoms with Crippen molar-refractivity contribution in [1.29, 1.82) is 0 Å². The van der Waals surface area contributed by atoms with Crippen LogP contribution in [0.15, 0.2) is 42.6 Å². The van der Waals surface area contributed by atoms with Crippen molar-refractivity contribution in [3.63, 3.8) is 0 Å². The molecule has 29 heavy (non-hydrogen) atoms. The topological polar surface area (TPSA) is 87.2 Å². The summed E-state index contributed by atoms with van der Waals surface area (Å²) in [6, 6.07) is 7.71. The Morgan fingerprint density at radius 1 is 1.07 bits per heavy atom. The summed E-state index contributed by atoms with van der Waals surface area (Å²) in [6.07, 6.45) is -3.47. The second kappa shape index (κ2) is 7.65. The lowest BCUT2D eigenvalue weighted by molar-refractivity contribution is -0.137. The van der Waals surface area contributed by atoms with Crippen LogP contribution in [0, 0.1) is 0 Å². The van der Waals surface area contributed by atoms with Crippen molar-refractivity contribution in [3.8, 4) is 0 Å². The Morgan fingerprint density at radius 3 is 2.45 bits per heavy atom. The molecule has 0 saturated carbocycles. The van der Waals surface area contributed by atoms with Gasteiger partial charge in [-0.25, -0.2) is 9.97 Å². The number of nitrogens with zero attached hydrogens (tertiary/aromatic N) is 3. The number of aromatic nitrogens is 2. The molecule has 0 radical (unpaired) electrons. The van der Waals surface area contributed by atoms with Gasteiger partial charge in [0.05, 0.1) is 21.8 Å². The number of halogens is 4. The molecular formula is C17H15ClF3N5O2S. The molecule has 0 unspecified atom stereocenters. The average Bonchev–Trinajstić information content (AvgIpc) is 2.63. The van der Waals surface area contributed by atoms with Crippen LogP contribution in [0.2, 0.25) is 5.02 Å². The minimum absolute atomic E-state index is 0.0488. The first kappa shape index (κ1) is 21.1. The summed E-state index contributed by atoms with van der Waals surface area (Å²) >= 11 is 6.18. The van der Waals surface area contributed by atoms with Crippen molar-refractivity contribution in [2.45, 2.75) is 6.18 Å². The highest BCUT2D eigenvalue weighted by atomic mass is 35.5. The van der Waals surface area contributed by atoms with Crippen molar-refractivity contribution in [1.82, 2.24) is 14.3 Å². The highest BCUT2D eigenvalue weighted by Crippen LogP contribution is 2.32. The van der Waals surface area contributed by atoms with E-state index in [1.54, 1.807) is 6.07 Å². The third-order valence-corrected chi connectivity index (χ3v) is 5.62. The van der Waals surface area contributed by atoms with Crippen LogP contribution < -0.4 is 10.0 Å². The van der Waals surface area contributed by atoms with Crippen LogP contribution in [0.5, 0.6) is 0 Å². The van der Waals surface area contributed by atoms with E-state index < -0.39 is 21.9 Å². The lowest BCUT2D eigenvalue weighted by Gasteiger charge is -2.16. The first-order valence-corrected chi connectivity index (χ1v) is 9.89. The SMILES string of the molecule is CN(C)S(=O)(=O)Nc1ccc(Cl)c2nc(Nc3cc(C(F)(F)F)ccn3)ccc12. The Bertz CT molecular complexity index is 1170. The zero-order valence-corrected chi connectivity index (χ0v) is 16.7. The fourth-order valence-corrected chi connectivity index (χ4v) is 3.22. The number of anilines is 3. The Hall–Kier alpha value is -2.63. The van der Waals surface area contributed by atoms with E-state index >= 15 is 0 Å². The van der Waals surface area contributed by atoms with Gasteiger partial charge in [-0.2, -0.15) is 25.9 Å². The zero-order chi connectivity index (χ0) is 21.4. The summed E-state index contributed by atoms with van der Waals surface area (Å²) in [7, 11) is -0.997. The van der Waals surface area contributed by atoms with E-state index in [0.29, 0.717) is 5.39 Å². The first-order chi connectivity index (χ1) is 13.5. The second-order valence-corrected chi connectivity index (χ2v) is 8.42. The smallest absolute Gasteiger partial charge is 0.325 e. The highest BCUT2D eigenvalue weighted by molar-refractivity contribution is 7.90. The maximum absolute atomic E-state index is 12.9. The normalized spacial score (nSPS) is 12.4. The van der Waals surface area contributed by atoms with Gasteiger partial charge < -0.3 is 5.32 Å². The minimum atomic E-state index is -4.50. The van der Waals surface area contributed by atoms with E-state index in [1.807, 2.05) is 0 Å². The maximum Gasteiger partial charge on any atom is 0.416 e. The molecule has 0 aliphatic heterocycles. The number of pyridine rings is 2. The van der Waals surface area contributed by atoms with Crippen molar-refractivity contribution in [2.24, 2.45) is 0 Å². The second-order valence-electron chi connectivity index (χ2n) is 6.13. The van der Waals surface area contributed by atoms with Gasteiger partial charge in [-0.3, -0.25) is 4.72 Å². The highest BCUT2D eigenvalue weighted by Gasteiger charge is 2.30. The quantitative estimate of drug-likeness (QED) is 0.612. The van der Waals surface area contributed by atoms with Gasteiger partial charge in [0.1, 0.15) is 11.6 Å². The van der Waals surface area contributed by atoms with Gasteiger partial charge in [-0.1, -0.05) is 11.6 Å². The molecule has 0 spiro atoms. The maximum atomic E-state index is 12.9. The molecule has 0 aliphatic rings. The lowest BCUT2D eigenvalue weighted by atomic mass is 10.2.